The van der Waals surface area contributed by atoms with Crippen molar-refractivity contribution in [1.82, 2.24) is 24.7 Å². The molecule has 1 aliphatic heterocycles. The molecule has 2 unspecified atom stereocenters. The Morgan fingerprint density at radius 3 is 2.56 bits per heavy atom. The Bertz CT molecular complexity index is 1240. The largest absolute Gasteiger partial charge is 0.501 e. The maximum absolute atomic E-state index is 13.5. The molecular weight excluding hydrogens is 473 g/mol. The van der Waals surface area contributed by atoms with Gasteiger partial charge in [-0.25, -0.2) is 9.37 Å². The van der Waals surface area contributed by atoms with Crippen LogP contribution in [0.3, 0.4) is 0 Å². The summed E-state index contributed by atoms with van der Waals surface area (Å²) in [5.41, 5.74) is -0.250. The minimum atomic E-state index is -0.816. The van der Waals surface area contributed by atoms with E-state index in [0.717, 1.165) is 4.90 Å². The van der Waals surface area contributed by atoms with Crippen LogP contribution in [-0.4, -0.2) is 83.1 Å². The number of rotatable bonds is 5. The highest BCUT2D eigenvalue weighted by Gasteiger charge is 2.32. The van der Waals surface area contributed by atoms with Crippen molar-refractivity contribution in [1.29, 1.82) is 0 Å². The predicted molar refractivity (Wildman–Crippen MR) is 127 cm³/mol. The van der Waals surface area contributed by atoms with E-state index in [1.165, 1.54) is 42.7 Å². The lowest BCUT2D eigenvalue weighted by atomic mass is 10.1. The molecule has 3 amide bonds. The maximum Gasteiger partial charge on any atom is 0.311 e. The van der Waals surface area contributed by atoms with Gasteiger partial charge in [0.25, 0.3) is 11.5 Å². The molecule has 2 aromatic rings. The Kier molecular flexibility index (Phi) is 8.08. The van der Waals surface area contributed by atoms with E-state index in [0.29, 0.717) is 11.1 Å². The Hall–Kier alpha value is -3.80. The van der Waals surface area contributed by atoms with Crippen molar-refractivity contribution in [2.45, 2.75) is 32.4 Å². The van der Waals surface area contributed by atoms with Crippen molar-refractivity contribution in [3.8, 4) is 5.75 Å². The first-order chi connectivity index (χ1) is 16.9. The Morgan fingerprint density at radius 2 is 1.92 bits per heavy atom. The van der Waals surface area contributed by atoms with Gasteiger partial charge in [0, 0.05) is 34.2 Å². The van der Waals surface area contributed by atoms with Crippen molar-refractivity contribution in [3.05, 3.63) is 57.0 Å². The summed E-state index contributed by atoms with van der Waals surface area (Å²) in [7, 11) is 4.36. The van der Waals surface area contributed by atoms with Gasteiger partial charge in [-0.1, -0.05) is 12.1 Å². The summed E-state index contributed by atoms with van der Waals surface area (Å²) in [6.07, 6.45) is 0. The fraction of sp³-hybridized carbons (Fsp3) is 0.458. The lowest BCUT2D eigenvalue weighted by Crippen LogP contribution is -2.43. The number of aryl methyl sites for hydroxylation is 1. The third kappa shape index (κ3) is 5.54. The molecule has 0 fully saturated rings. The summed E-state index contributed by atoms with van der Waals surface area (Å²) in [6.45, 7) is 3.53. The molecule has 3 rings (SSSR count). The summed E-state index contributed by atoms with van der Waals surface area (Å²) in [6, 6.07) is 3.87. The Morgan fingerprint density at radius 1 is 1.22 bits per heavy atom. The zero-order valence-electron chi connectivity index (χ0n) is 20.9. The molecule has 0 bridgehead atoms. The fourth-order valence-electron chi connectivity index (χ4n) is 3.93. The maximum atomic E-state index is 13.5. The van der Waals surface area contributed by atoms with Crippen LogP contribution in [0.1, 0.15) is 46.3 Å². The number of aromatic nitrogens is 2. The van der Waals surface area contributed by atoms with E-state index in [4.69, 9.17) is 4.74 Å². The summed E-state index contributed by atoms with van der Waals surface area (Å²) in [4.78, 5) is 57.2. The molecule has 2 heterocycles. The van der Waals surface area contributed by atoms with Crippen LogP contribution in [0.2, 0.25) is 0 Å². The Labute approximate surface area is 207 Å². The zero-order valence-corrected chi connectivity index (χ0v) is 20.9. The van der Waals surface area contributed by atoms with Gasteiger partial charge in [0.15, 0.2) is 5.69 Å². The van der Waals surface area contributed by atoms with E-state index < -0.39 is 46.7 Å². The molecule has 1 aliphatic rings. The number of ether oxygens (including phenoxy) is 1. The SMILES string of the molecule is Cc1cc(CNC(=O)c2nc3n(c(=O)c2O)C(C)COCC3CN(C)C(=O)C(=O)N(C)C)ccc1F. The van der Waals surface area contributed by atoms with Gasteiger partial charge in [-0.05, 0) is 31.0 Å². The van der Waals surface area contributed by atoms with Crippen LogP contribution in [0.25, 0.3) is 0 Å². The number of hydrogen-bond acceptors (Lipinski definition) is 7. The summed E-state index contributed by atoms with van der Waals surface area (Å²) >= 11 is 0. The average molecular weight is 504 g/mol. The number of nitrogens with zero attached hydrogens (tertiary/aromatic N) is 4. The molecule has 11 nitrogen and oxygen atoms in total. The van der Waals surface area contributed by atoms with Crippen LogP contribution in [0.4, 0.5) is 4.39 Å². The molecule has 0 saturated heterocycles. The number of fused-ring (bicyclic) bond motifs is 1. The minimum Gasteiger partial charge on any atom is -0.501 e. The Balaban J connectivity index is 1.93. The highest BCUT2D eigenvalue weighted by molar-refractivity contribution is 6.34. The van der Waals surface area contributed by atoms with Crippen molar-refractivity contribution in [2.75, 3.05) is 40.9 Å². The first-order valence-corrected chi connectivity index (χ1v) is 11.4. The molecule has 36 heavy (non-hydrogen) atoms. The van der Waals surface area contributed by atoms with E-state index in [2.05, 4.69) is 10.3 Å². The fourth-order valence-corrected chi connectivity index (χ4v) is 3.93. The van der Waals surface area contributed by atoms with Crippen LogP contribution in [0, 0.1) is 12.7 Å². The first kappa shape index (κ1) is 26.8. The van der Waals surface area contributed by atoms with Gasteiger partial charge in [0.05, 0.1) is 25.2 Å². The van der Waals surface area contributed by atoms with Gasteiger partial charge in [0.2, 0.25) is 5.75 Å². The van der Waals surface area contributed by atoms with Crippen molar-refractivity contribution < 1.29 is 28.6 Å². The number of carbonyl (C=O) groups is 3. The van der Waals surface area contributed by atoms with E-state index >= 15 is 0 Å². The van der Waals surface area contributed by atoms with Crippen molar-refractivity contribution in [3.63, 3.8) is 0 Å². The monoisotopic (exact) mass is 503 g/mol. The standard InChI is InChI=1S/C24H30FN5O6/c1-13-8-15(6-7-17(13)25)9-26-21(32)18-19(31)22(33)30-14(2)11-36-12-16(20(30)27-18)10-29(5)24(35)23(34)28(3)4/h6-8,14,16,31H,9-12H2,1-5H3,(H,26,32). The molecule has 0 aliphatic carbocycles. The normalized spacial score (nSPS) is 17.1. The van der Waals surface area contributed by atoms with Crippen LogP contribution >= 0.6 is 0 Å². The smallest absolute Gasteiger partial charge is 0.311 e. The lowest BCUT2D eigenvalue weighted by molar-refractivity contribution is -0.149. The second-order valence-electron chi connectivity index (χ2n) is 9.08. The summed E-state index contributed by atoms with van der Waals surface area (Å²) in [5.74, 6) is -3.95. The zero-order chi connectivity index (χ0) is 26.7. The van der Waals surface area contributed by atoms with Gasteiger partial charge >= 0.3 is 11.8 Å². The molecule has 1 aromatic heterocycles. The van der Waals surface area contributed by atoms with Gasteiger partial charge in [-0.3, -0.25) is 23.7 Å². The number of carbonyl (C=O) groups excluding carboxylic acids is 3. The number of hydrogen-bond donors (Lipinski definition) is 2. The van der Waals surface area contributed by atoms with Crippen LogP contribution in [0.15, 0.2) is 23.0 Å². The second-order valence-corrected chi connectivity index (χ2v) is 9.08. The highest BCUT2D eigenvalue weighted by Crippen LogP contribution is 2.25. The van der Waals surface area contributed by atoms with E-state index in [1.807, 2.05) is 0 Å². The molecule has 0 radical (unpaired) electrons. The van der Waals surface area contributed by atoms with Crippen LogP contribution < -0.4 is 10.9 Å². The van der Waals surface area contributed by atoms with E-state index in [-0.39, 0.29) is 37.9 Å². The lowest BCUT2D eigenvalue weighted by Gasteiger charge is -2.25. The number of aromatic hydroxyl groups is 1. The van der Waals surface area contributed by atoms with Crippen molar-refractivity contribution >= 4 is 17.7 Å². The minimum absolute atomic E-state index is 0.0156. The predicted octanol–water partition coefficient (Wildman–Crippen LogP) is 0.548. The molecule has 194 valence electrons. The third-order valence-electron chi connectivity index (χ3n) is 5.92. The molecule has 0 spiro atoms. The molecule has 0 saturated carbocycles. The molecular formula is C24H30FN5O6. The molecule has 1 aromatic carbocycles. The quantitative estimate of drug-likeness (QED) is 0.569. The van der Waals surface area contributed by atoms with Crippen LogP contribution in [-0.2, 0) is 20.9 Å². The summed E-state index contributed by atoms with van der Waals surface area (Å²) < 4.78 is 20.4. The second kappa shape index (κ2) is 10.9. The number of benzene rings is 1. The number of amides is 3. The van der Waals surface area contributed by atoms with E-state index in [9.17, 15) is 28.7 Å². The first-order valence-electron chi connectivity index (χ1n) is 11.4. The molecule has 12 heteroatoms. The molecule has 2 atom stereocenters. The van der Waals surface area contributed by atoms with Crippen molar-refractivity contribution in [2.24, 2.45) is 0 Å². The van der Waals surface area contributed by atoms with Crippen LogP contribution in [0.5, 0.6) is 5.75 Å². The average Bonchev–Trinajstić information content (AvgIpc) is 2.98. The molecule has 2 N–H and O–H groups in total. The third-order valence-corrected chi connectivity index (χ3v) is 5.92. The highest BCUT2D eigenvalue weighted by atomic mass is 19.1. The van der Waals surface area contributed by atoms with Gasteiger partial charge in [0.1, 0.15) is 11.6 Å². The summed E-state index contributed by atoms with van der Waals surface area (Å²) in [5, 5.41) is 13.1. The number of nitrogens with one attached hydrogen (secondary N) is 1. The number of halogens is 1. The van der Waals surface area contributed by atoms with Gasteiger partial charge < -0.3 is 25.0 Å². The van der Waals surface area contributed by atoms with E-state index in [1.54, 1.807) is 19.9 Å². The number of likely N-dealkylation sites (N-methyl/N-ethyl adjacent to an activating group) is 2. The topological polar surface area (TPSA) is 134 Å². The van der Waals surface area contributed by atoms with Gasteiger partial charge in [-0.2, -0.15) is 0 Å². The van der Waals surface area contributed by atoms with Gasteiger partial charge in [-0.15, -0.1) is 0 Å².